The maximum atomic E-state index is 3.44. The van der Waals surface area contributed by atoms with Crippen molar-refractivity contribution in [2.75, 3.05) is 6.54 Å². The lowest BCUT2D eigenvalue weighted by molar-refractivity contribution is 0.388. The number of rotatable bonds is 1. The summed E-state index contributed by atoms with van der Waals surface area (Å²) in [5.41, 5.74) is 1.83. The number of nitrogens with one attached hydrogen (secondary N) is 1. The second-order valence-electron chi connectivity index (χ2n) is 4.42. The highest BCUT2D eigenvalue weighted by Crippen LogP contribution is 2.28. The molecule has 0 fully saturated rings. The van der Waals surface area contributed by atoms with Gasteiger partial charge in [0, 0.05) is 12.2 Å². The van der Waals surface area contributed by atoms with E-state index < -0.39 is 0 Å². The molecule has 0 amide bonds. The van der Waals surface area contributed by atoms with Crippen molar-refractivity contribution in [1.82, 2.24) is 5.32 Å². The van der Waals surface area contributed by atoms with E-state index >= 15 is 0 Å². The van der Waals surface area contributed by atoms with E-state index in [0.717, 1.165) is 6.54 Å². The third kappa shape index (κ3) is 2.25. The molecule has 1 heterocycles. The topological polar surface area (TPSA) is 12.0 Å². The molecule has 0 saturated carbocycles. The van der Waals surface area contributed by atoms with Crippen molar-refractivity contribution >= 4 is 0 Å². The van der Waals surface area contributed by atoms with E-state index in [1.54, 1.807) is 0 Å². The first-order valence-corrected chi connectivity index (χ1v) is 4.48. The summed E-state index contributed by atoms with van der Waals surface area (Å²) in [6.07, 6.45) is 3.63. The van der Waals surface area contributed by atoms with Gasteiger partial charge < -0.3 is 5.32 Å². The van der Waals surface area contributed by atoms with Gasteiger partial charge in [-0.15, -0.1) is 0 Å². The van der Waals surface area contributed by atoms with E-state index in [9.17, 15) is 0 Å². The predicted octanol–water partition coefficient (Wildman–Crippen LogP) is 2.55. The van der Waals surface area contributed by atoms with E-state index in [4.69, 9.17) is 0 Å². The molecule has 11 heavy (non-hydrogen) atoms. The molecular weight excluding hydrogens is 134 g/mol. The number of hydrogen-bond acceptors (Lipinski definition) is 1. The van der Waals surface area contributed by atoms with Gasteiger partial charge in [0.25, 0.3) is 0 Å². The fraction of sp³-hybridized carbons (Fsp3) is 0.800. The smallest absolute Gasteiger partial charge is 0.0152 e. The van der Waals surface area contributed by atoms with E-state index in [-0.39, 0.29) is 0 Å². The minimum atomic E-state index is 0.408. The Bertz CT molecular complexity index is 166. The van der Waals surface area contributed by atoms with Crippen molar-refractivity contribution in [1.29, 1.82) is 0 Å². The molecule has 0 spiro atoms. The summed E-state index contributed by atoms with van der Waals surface area (Å²) in [4.78, 5) is 0. The van der Waals surface area contributed by atoms with Crippen LogP contribution in [-0.4, -0.2) is 6.54 Å². The highest BCUT2D eigenvalue weighted by atomic mass is 14.9. The zero-order valence-corrected chi connectivity index (χ0v) is 8.07. The van der Waals surface area contributed by atoms with Crippen LogP contribution in [0.5, 0.6) is 0 Å². The first-order chi connectivity index (χ1) is 5.01. The number of allylic oxidation sites excluding steroid dienone is 2. The number of hydrogen-bond donors (Lipinski definition) is 1. The Balaban J connectivity index is 2.73. The van der Waals surface area contributed by atoms with Crippen molar-refractivity contribution in [3.8, 4) is 0 Å². The molecule has 0 aliphatic carbocycles. The van der Waals surface area contributed by atoms with Gasteiger partial charge in [-0.3, -0.25) is 0 Å². The molecular formula is C10H19N. The third-order valence-electron chi connectivity index (χ3n) is 2.27. The maximum absolute atomic E-state index is 3.44. The van der Waals surface area contributed by atoms with Crippen LogP contribution in [0.1, 0.15) is 34.1 Å². The molecule has 0 radical (unpaired) electrons. The summed E-state index contributed by atoms with van der Waals surface area (Å²) in [5.74, 6) is 0.648. The van der Waals surface area contributed by atoms with E-state index in [2.05, 4.69) is 39.1 Å². The standard InChI is InChI=1S/C10H19N/c1-8(2)9-7-10(3,4)5-6-11-9/h7-8,11H,5-6H2,1-4H3. The summed E-state index contributed by atoms with van der Waals surface area (Å²) in [5, 5.41) is 3.44. The predicted molar refractivity (Wildman–Crippen MR) is 49.3 cm³/mol. The average molecular weight is 153 g/mol. The van der Waals surface area contributed by atoms with Gasteiger partial charge in [-0.1, -0.05) is 33.8 Å². The molecule has 64 valence electrons. The molecule has 1 N–H and O–H groups in total. The minimum Gasteiger partial charge on any atom is -0.388 e. The molecule has 0 aromatic carbocycles. The van der Waals surface area contributed by atoms with Crippen molar-refractivity contribution in [3.05, 3.63) is 11.8 Å². The van der Waals surface area contributed by atoms with Crippen molar-refractivity contribution < 1.29 is 0 Å². The Kier molecular flexibility index (Phi) is 2.26. The summed E-state index contributed by atoms with van der Waals surface area (Å²) in [6, 6.07) is 0. The van der Waals surface area contributed by atoms with Gasteiger partial charge in [0.15, 0.2) is 0 Å². The Morgan fingerprint density at radius 3 is 2.45 bits per heavy atom. The molecule has 0 atom stereocenters. The van der Waals surface area contributed by atoms with Crippen LogP contribution in [0, 0.1) is 11.3 Å². The Morgan fingerprint density at radius 1 is 1.45 bits per heavy atom. The lowest BCUT2D eigenvalue weighted by Crippen LogP contribution is -2.30. The van der Waals surface area contributed by atoms with Gasteiger partial charge in [0.1, 0.15) is 0 Å². The van der Waals surface area contributed by atoms with Gasteiger partial charge in [-0.05, 0) is 17.8 Å². The molecule has 0 saturated heterocycles. The monoisotopic (exact) mass is 153 g/mol. The van der Waals surface area contributed by atoms with Crippen molar-refractivity contribution in [2.45, 2.75) is 34.1 Å². The van der Waals surface area contributed by atoms with Crippen LogP contribution in [0.15, 0.2) is 11.8 Å². The maximum Gasteiger partial charge on any atom is 0.0152 e. The normalized spacial score (nSPS) is 22.8. The first kappa shape index (κ1) is 8.63. The lowest BCUT2D eigenvalue weighted by Gasteiger charge is -2.30. The molecule has 1 nitrogen and oxygen atoms in total. The lowest BCUT2D eigenvalue weighted by atomic mass is 9.84. The SMILES string of the molecule is CC(C)C1=CC(C)(C)CCN1. The molecule has 1 aliphatic rings. The second kappa shape index (κ2) is 2.88. The van der Waals surface area contributed by atoms with Crippen LogP contribution in [0.4, 0.5) is 0 Å². The van der Waals surface area contributed by atoms with Crippen LogP contribution < -0.4 is 5.32 Å². The van der Waals surface area contributed by atoms with Gasteiger partial charge in [0.2, 0.25) is 0 Å². The summed E-state index contributed by atoms with van der Waals surface area (Å²) < 4.78 is 0. The van der Waals surface area contributed by atoms with E-state index in [0.29, 0.717) is 11.3 Å². The van der Waals surface area contributed by atoms with Gasteiger partial charge in [-0.2, -0.15) is 0 Å². The highest BCUT2D eigenvalue weighted by molar-refractivity contribution is 5.11. The van der Waals surface area contributed by atoms with Crippen LogP contribution in [0.25, 0.3) is 0 Å². The largest absolute Gasteiger partial charge is 0.388 e. The first-order valence-electron chi connectivity index (χ1n) is 4.48. The Morgan fingerprint density at radius 2 is 2.09 bits per heavy atom. The summed E-state index contributed by atoms with van der Waals surface area (Å²) >= 11 is 0. The van der Waals surface area contributed by atoms with Gasteiger partial charge in [0.05, 0.1) is 0 Å². The zero-order chi connectivity index (χ0) is 8.48. The quantitative estimate of drug-likeness (QED) is 0.610. The zero-order valence-electron chi connectivity index (χ0n) is 8.07. The minimum absolute atomic E-state index is 0.408. The molecule has 0 unspecified atom stereocenters. The van der Waals surface area contributed by atoms with E-state index in [1.807, 2.05) is 0 Å². The molecule has 1 rings (SSSR count). The fourth-order valence-electron chi connectivity index (χ4n) is 1.44. The van der Waals surface area contributed by atoms with Gasteiger partial charge in [-0.25, -0.2) is 0 Å². The molecule has 1 aliphatic heterocycles. The van der Waals surface area contributed by atoms with Crippen molar-refractivity contribution in [3.63, 3.8) is 0 Å². The van der Waals surface area contributed by atoms with E-state index in [1.165, 1.54) is 12.1 Å². The molecule has 1 heteroatoms. The summed E-state index contributed by atoms with van der Waals surface area (Å²) in [7, 11) is 0. The van der Waals surface area contributed by atoms with Crippen LogP contribution in [-0.2, 0) is 0 Å². The molecule has 0 aromatic heterocycles. The van der Waals surface area contributed by atoms with Crippen LogP contribution in [0.2, 0.25) is 0 Å². The second-order valence-corrected chi connectivity index (χ2v) is 4.42. The third-order valence-corrected chi connectivity index (χ3v) is 2.27. The van der Waals surface area contributed by atoms with Crippen LogP contribution >= 0.6 is 0 Å². The Hall–Kier alpha value is -0.460. The molecule has 0 bridgehead atoms. The van der Waals surface area contributed by atoms with Crippen LogP contribution in [0.3, 0.4) is 0 Å². The summed E-state index contributed by atoms with van der Waals surface area (Å²) in [6.45, 7) is 10.2. The van der Waals surface area contributed by atoms with Gasteiger partial charge >= 0.3 is 0 Å². The van der Waals surface area contributed by atoms with Crippen molar-refractivity contribution in [2.24, 2.45) is 11.3 Å². The highest BCUT2D eigenvalue weighted by Gasteiger charge is 2.20. The Labute approximate surface area is 69.9 Å². The fourth-order valence-corrected chi connectivity index (χ4v) is 1.44. The average Bonchev–Trinajstić information content (AvgIpc) is 1.85. The molecule has 0 aromatic rings.